The van der Waals surface area contributed by atoms with Crippen LogP contribution in [-0.2, 0) is 10.3 Å². The van der Waals surface area contributed by atoms with E-state index in [0.29, 0.717) is 17.4 Å². The number of likely N-dealkylation sites (tertiary alicyclic amines) is 1. The summed E-state index contributed by atoms with van der Waals surface area (Å²) in [7, 11) is 0. The maximum absolute atomic E-state index is 13.5. The average molecular weight is 466 g/mol. The predicted octanol–water partition coefficient (Wildman–Crippen LogP) is 4.67. The number of carbonyl (C=O) groups excluding carboxylic acids is 2. The molecule has 1 saturated heterocycles. The fraction of sp³-hybridized carbons (Fsp3) is 0.704. The van der Waals surface area contributed by atoms with E-state index in [9.17, 15) is 9.59 Å². The molecule has 2 amide bonds. The summed E-state index contributed by atoms with van der Waals surface area (Å²) < 4.78 is 1.97. The predicted molar refractivity (Wildman–Crippen MR) is 133 cm³/mol. The molecule has 2 saturated carbocycles. The van der Waals surface area contributed by atoms with Crippen molar-refractivity contribution in [1.82, 2.24) is 25.0 Å². The van der Waals surface area contributed by atoms with Crippen molar-refractivity contribution < 1.29 is 9.59 Å². The Morgan fingerprint density at radius 1 is 1.00 bits per heavy atom. The number of pyridine rings is 1. The molecule has 0 radical (unpaired) electrons. The largest absolute Gasteiger partial charge is 0.349 e. The van der Waals surface area contributed by atoms with Gasteiger partial charge in [-0.1, -0.05) is 19.3 Å². The van der Waals surface area contributed by atoms with Gasteiger partial charge < -0.3 is 10.2 Å². The van der Waals surface area contributed by atoms with Crippen molar-refractivity contribution in [2.45, 2.75) is 103 Å². The Morgan fingerprint density at radius 3 is 2.29 bits per heavy atom. The first-order valence-corrected chi connectivity index (χ1v) is 13.2. The summed E-state index contributed by atoms with van der Waals surface area (Å²) in [6, 6.07) is 2.09. The molecule has 1 aliphatic heterocycles. The quantitative estimate of drug-likeness (QED) is 0.711. The van der Waals surface area contributed by atoms with Crippen molar-refractivity contribution in [3.8, 4) is 0 Å². The number of rotatable bonds is 4. The normalized spacial score (nSPS) is 20.6. The molecular formula is C27H39N5O2. The fourth-order valence-electron chi connectivity index (χ4n) is 5.66. The number of nitrogens with one attached hydrogen (secondary N) is 1. The molecule has 5 rings (SSSR count). The number of aromatic nitrogens is 3. The standard InChI is InChI=1S/C27H39N5O2/c1-17-23-21(16-22(18-10-11-18)29-24(23)32(30-17)27(2,3)4)25(33)28-20-12-14-31(15-13-20)26(34)19-8-6-5-7-9-19/h16,18-20H,5-15H2,1-4H3,(H,28,33). The second-order valence-corrected chi connectivity index (χ2v) is 11.6. The highest BCUT2D eigenvalue weighted by molar-refractivity contribution is 6.06. The Kier molecular flexibility index (Phi) is 6.15. The third kappa shape index (κ3) is 4.58. The van der Waals surface area contributed by atoms with Crippen LogP contribution in [0.3, 0.4) is 0 Å². The number of fused-ring (bicyclic) bond motifs is 1. The minimum atomic E-state index is -0.215. The Bertz CT molecular complexity index is 1080. The summed E-state index contributed by atoms with van der Waals surface area (Å²) in [5, 5.41) is 8.92. The van der Waals surface area contributed by atoms with Crippen LogP contribution in [-0.4, -0.2) is 50.6 Å². The second-order valence-electron chi connectivity index (χ2n) is 11.6. The lowest BCUT2D eigenvalue weighted by Gasteiger charge is -2.35. The summed E-state index contributed by atoms with van der Waals surface area (Å²) in [5.74, 6) is 0.962. The third-order valence-electron chi connectivity index (χ3n) is 7.80. The molecule has 184 valence electrons. The Labute approximate surface area is 202 Å². The highest BCUT2D eigenvalue weighted by Crippen LogP contribution is 2.41. The van der Waals surface area contributed by atoms with Crippen LogP contribution in [0.15, 0.2) is 6.07 Å². The van der Waals surface area contributed by atoms with Crippen molar-refractivity contribution in [2.75, 3.05) is 13.1 Å². The van der Waals surface area contributed by atoms with Crippen molar-refractivity contribution in [3.63, 3.8) is 0 Å². The van der Waals surface area contributed by atoms with E-state index in [1.807, 2.05) is 22.6 Å². The van der Waals surface area contributed by atoms with Crippen LogP contribution in [0.25, 0.3) is 11.0 Å². The molecule has 1 N–H and O–H groups in total. The molecule has 2 aliphatic carbocycles. The van der Waals surface area contributed by atoms with Crippen molar-refractivity contribution in [2.24, 2.45) is 5.92 Å². The molecule has 2 aromatic heterocycles. The van der Waals surface area contributed by atoms with E-state index in [1.165, 1.54) is 19.3 Å². The van der Waals surface area contributed by atoms with Crippen molar-refractivity contribution >= 4 is 22.8 Å². The van der Waals surface area contributed by atoms with Gasteiger partial charge in [0.15, 0.2) is 5.65 Å². The van der Waals surface area contributed by atoms with Crippen LogP contribution < -0.4 is 5.32 Å². The van der Waals surface area contributed by atoms with Crippen LogP contribution in [0.2, 0.25) is 0 Å². The van der Waals surface area contributed by atoms with E-state index in [-0.39, 0.29) is 23.4 Å². The lowest BCUT2D eigenvalue weighted by molar-refractivity contribution is -0.137. The lowest BCUT2D eigenvalue weighted by atomic mass is 9.87. The lowest BCUT2D eigenvalue weighted by Crippen LogP contribution is -2.48. The smallest absolute Gasteiger partial charge is 0.252 e. The molecular weight excluding hydrogens is 426 g/mol. The van der Waals surface area contributed by atoms with Gasteiger partial charge in [0.05, 0.1) is 22.2 Å². The van der Waals surface area contributed by atoms with Gasteiger partial charge in [-0.3, -0.25) is 9.59 Å². The van der Waals surface area contributed by atoms with E-state index in [2.05, 4.69) is 26.1 Å². The molecule has 3 heterocycles. The van der Waals surface area contributed by atoms with Gasteiger partial charge in [0.2, 0.25) is 5.91 Å². The van der Waals surface area contributed by atoms with Gasteiger partial charge in [-0.05, 0) is 72.3 Å². The molecule has 3 fully saturated rings. The molecule has 3 aliphatic rings. The third-order valence-corrected chi connectivity index (χ3v) is 7.80. The van der Waals surface area contributed by atoms with E-state index in [4.69, 9.17) is 10.1 Å². The number of nitrogens with zero attached hydrogens (tertiary/aromatic N) is 4. The first kappa shape index (κ1) is 23.3. The molecule has 0 unspecified atom stereocenters. The molecule has 34 heavy (non-hydrogen) atoms. The Balaban J connectivity index is 1.32. The summed E-state index contributed by atoms with van der Waals surface area (Å²) in [6.07, 6.45) is 9.59. The van der Waals surface area contributed by atoms with Gasteiger partial charge in [0.25, 0.3) is 5.91 Å². The average Bonchev–Trinajstić information content (AvgIpc) is 3.62. The molecule has 0 aromatic carbocycles. The first-order valence-electron chi connectivity index (χ1n) is 13.2. The minimum Gasteiger partial charge on any atom is -0.349 e. The zero-order chi connectivity index (χ0) is 24.0. The maximum Gasteiger partial charge on any atom is 0.252 e. The number of aryl methyl sites for hydroxylation is 1. The van der Waals surface area contributed by atoms with Crippen LogP contribution in [0.5, 0.6) is 0 Å². The summed E-state index contributed by atoms with van der Waals surface area (Å²) in [6.45, 7) is 9.79. The summed E-state index contributed by atoms with van der Waals surface area (Å²) in [4.78, 5) is 33.4. The molecule has 7 nitrogen and oxygen atoms in total. The van der Waals surface area contributed by atoms with E-state index in [0.717, 1.165) is 74.0 Å². The van der Waals surface area contributed by atoms with Gasteiger partial charge in [-0.15, -0.1) is 0 Å². The van der Waals surface area contributed by atoms with Gasteiger partial charge in [-0.2, -0.15) is 5.10 Å². The van der Waals surface area contributed by atoms with E-state index in [1.54, 1.807) is 0 Å². The maximum atomic E-state index is 13.5. The zero-order valence-electron chi connectivity index (χ0n) is 21.2. The van der Waals surface area contributed by atoms with Gasteiger partial charge >= 0.3 is 0 Å². The van der Waals surface area contributed by atoms with Crippen LogP contribution in [0.1, 0.15) is 106 Å². The van der Waals surface area contributed by atoms with E-state index >= 15 is 0 Å². The number of hydrogen-bond donors (Lipinski definition) is 1. The van der Waals surface area contributed by atoms with Gasteiger partial charge in [-0.25, -0.2) is 9.67 Å². The monoisotopic (exact) mass is 465 g/mol. The molecule has 7 heteroatoms. The van der Waals surface area contributed by atoms with Crippen LogP contribution >= 0.6 is 0 Å². The zero-order valence-corrected chi connectivity index (χ0v) is 21.2. The molecule has 2 aromatic rings. The number of piperidine rings is 1. The first-order chi connectivity index (χ1) is 16.2. The topological polar surface area (TPSA) is 80.1 Å². The fourth-order valence-corrected chi connectivity index (χ4v) is 5.66. The van der Waals surface area contributed by atoms with Crippen molar-refractivity contribution in [1.29, 1.82) is 0 Å². The van der Waals surface area contributed by atoms with Crippen molar-refractivity contribution in [3.05, 3.63) is 23.0 Å². The minimum absolute atomic E-state index is 0.0390. The Hall–Kier alpha value is -2.44. The number of hydrogen-bond acceptors (Lipinski definition) is 4. The van der Waals surface area contributed by atoms with E-state index < -0.39 is 0 Å². The summed E-state index contributed by atoms with van der Waals surface area (Å²) >= 11 is 0. The summed E-state index contributed by atoms with van der Waals surface area (Å²) in [5.41, 5.74) is 3.15. The highest BCUT2D eigenvalue weighted by atomic mass is 16.2. The SMILES string of the molecule is Cc1nn(C(C)(C)C)c2nc(C3CC3)cc(C(=O)NC3CCN(C(=O)C4CCCCC4)CC3)c12. The molecule has 0 bridgehead atoms. The van der Waals surface area contributed by atoms with Crippen LogP contribution in [0, 0.1) is 12.8 Å². The number of carbonyl (C=O) groups is 2. The highest BCUT2D eigenvalue weighted by Gasteiger charge is 2.32. The van der Waals surface area contributed by atoms with Gasteiger partial charge in [0, 0.05) is 36.7 Å². The Morgan fingerprint density at radius 2 is 1.68 bits per heavy atom. The molecule has 0 spiro atoms. The molecule has 0 atom stereocenters. The van der Waals surface area contributed by atoms with Crippen LogP contribution in [0.4, 0.5) is 0 Å². The second kappa shape index (κ2) is 8.97. The number of amides is 2. The van der Waals surface area contributed by atoms with Gasteiger partial charge in [0.1, 0.15) is 0 Å².